The van der Waals surface area contributed by atoms with Gasteiger partial charge in [-0.15, -0.1) is 0 Å². The van der Waals surface area contributed by atoms with Crippen LogP contribution in [0.15, 0.2) is 0 Å². The summed E-state index contributed by atoms with van der Waals surface area (Å²) in [6, 6.07) is 0. The molecule has 0 aromatic heterocycles. The Morgan fingerprint density at radius 3 is 2.00 bits per heavy atom. The third-order valence-electron chi connectivity index (χ3n) is 2.93. The van der Waals surface area contributed by atoms with Gasteiger partial charge in [0, 0.05) is 6.42 Å². The molecule has 1 saturated heterocycles. The lowest BCUT2D eigenvalue weighted by molar-refractivity contribution is -0.149. The van der Waals surface area contributed by atoms with E-state index in [2.05, 4.69) is 5.32 Å². The van der Waals surface area contributed by atoms with E-state index in [-0.39, 0.29) is 12.3 Å². The molecule has 0 aromatic rings. The minimum absolute atomic E-state index is 0.212. The number of nitrogens with zero attached hydrogens (tertiary/aromatic N) is 1. The highest BCUT2D eigenvalue weighted by molar-refractivity contribution is 5.85. The highest BCUT2D eigenvalue weighted by atomic mass is 16.4. The average molecular weight is 258 g/mol. The number of hydrogen-bond acceptors (Lipinski definition) is 4. The monoisotopic (exact) mass is 258 g/mol. The molecule has 0 aliphatic carbocycles. The molecule has 7 heteroatoms. The number of carboxylic acid groups (broad SMARTS) is 2. The van der Waals surface area contributed by atoms with Crippen LogP contribution < -0.4 is 5.32 Å². The Labute approximate surface area is 105 Å². The van der Waals surface area contributed by atoms with Gasteiger partial charge >= 0.3 is 11.9 Å². The Morgan fingerprint density at radius 1 is 1.06 bits per heavy atom. The first kappa shape index (κ1) is 14.4. The van der Waals surface area contributed by atoms with Gasteiger partial charge in [0.25, 0.3) is 0 Å². The molecule has 18 heavy (non-hydrogen) atoms. The second kappa shape index (κ2) is 6.95. The summed E-state index contributed by atoms with van der Waals surface area (Å²) < 4.78 is 0. The van der Waals surface area contributed by atoms with Crippen molar-refractivity contribution in [2.75, 3.05) is 26.2 Å². The predicted molar refractivity (Wildman–Crippen MR) is 62.1 cm³/mol. The molecule has 0 atom stereocenters. The lowest BCUT2D eigenvalue weighted by atomic mass is 9.94. The molecular formula is C11H18N2O5. The lowest BCUT2D eigenvalue weighted by Crippen LogP contribution is -2.41. The first-order chi connectivity index (χ1) is 8.49. The average Bonchev–Trinajstić information content (AvgIpc) is 2.28. The molecule has 1 rings (SSSR count). The third-order valence-corrected chi connectivity index (χ3v) is 2.93. The van der Waals surface area contributed by atoms with Crippen molar-refractivity contribution in [1.29, 1.82) is 0 Å². The quantitative estimate of drug-likeness (QED) is 0.586. The van der Waals surface area contributed by atoms with E-state index in [9.17, 15) is 14.4 Å². The molecule has 1 amide bonds. The molecule has 0 radical (unpaired) electrons. The van der Waals surface area contributed by atoms with Gasteiger partial charge in [0.1, 0.15) is 13.1 Å². The first-order valence-electron chi connectivity index (χ1n) is 5.91. The van der Waals surface area contributed by atoms with Gasteiger partial charge in [-0.3, -0.25) is 14.4 Å². The first-order valence-corrected chi connectivity index (χ1v) is 5.91. The molecule has 0 spiro atoms. The van der Waals surface area contributed by atoms with Crippen LogP contribution in [0.3, 0.4) is 0 Å². The summed E-state index contributed by atoms with van der Waals surface area (Å²) in [4.78, 5) is 33.9. The van der Waals surface area contributed by atoms with E-state index in [0.29, 0.717) is 0 Å². The summed E-state index contributed by atoms with van der Waals surface area (Å²) in [6.07, 6.45) is 1.95. The van der Waals surface area contributed by atoms with Gasteiger partial charge < -0.3 is 20.4 Å². The summed E-state index contributed by atoms with van der Waals surface area (Å²) in [5.74, 6) is -2.58. The van der Waals surface area contributed by atoms with Gasteiger partial charge in [-0.25, -0.2) is 0 Å². The Hall–Kier alpha value is -1.63. The molecule has 0 saturated carbocycles. The lowest BCUT2D eigenvalue weighted by Gasteiger charge is -2.25. The molecule has 3 N–H and O–H groups in total. The minimum Gasteiger partial charge on any atom is -0.480 e. The van der Waals surface area contributed by atoms with E-state index < -0.39 is 30.9 Å². The Kier molecular flexibility index (Phi) is 5.57. The number of hydrogen-bond donors (Lipinski definition) is 3. The van der Waals surface area contributed by atoms with Crippen molar-refractivity contribution in [3.8, 4) is 0 Å². The number of carbonyl (C=O) groups excluding carboxylic acids is 1. The van der Waals surface area contributed by atoms with Crippen LogP contribution in [0.5, 0.6) is 0 Å². The van der Waals surface area contributed by atoms with Crippen molar-refractivity contribution in [2.24, 2.45) is 5.92 Å². The van der Waals surface area contributed by atoms with Crippen LogP contribution in [0.2, 0.25) is 0 Å². The fourth-order valence-corrected chi connectivity index (χ4v) is 2.02. The maximum atomic E-state index is 11.9. The topological polar surface area (TPSA) is 107 Å². The van der Waals surface area contributed by atoms with E-state index in [1.54, 1.807) is 0 Å². The molecule has 1 aliphatic rings. The van der Waals surface area contributed by atoms with E-state index in [0.717, 1.165) is 30.8 Å². The zero-order valence-corrected chi connectivity index (χ0v) is 10.1. The van der Waals surface area contributed by atoms with Crippen molar-refractivity contribution in [2.45, 2.75) is 19.3 Å². The SMILES string of the molecule is O=C(O)CN(CC(=O)O)C(=O)CC1CCNCC1. The summed E-state index contributed by atoms with van der Waals surface area (Å²) >= 11 is 0. The smallest absolute Gasteiger partial charge is 0.323 e. The van der Waals surface area contributed by atoms with Crippen molar-refractivity contribution < 1.29 is 24.6 Å². The number of carbonyl (C=O) groups is 3. The highest BCUT2D eigenvalue weighted by Gasteiger charge is 2.23. The van der Waals surface area contributed by atoms with Crippen LogP contribution in [-0.2, 0) is 14.4 Å². The maximum Gasteiger partial charge on any atom is 0.323 e. The van der Waals surface area contributed by atoms with Crippen molar-refractivity contribution in [1.82, 2.24) is 10.2 Å². The zero-order valence-electron chi connectivity index (χ0n) is 10.1. The van der Waals surface area contributed by atoms with Crippen LogP contribution in [0.4, 0.5) is 0 Å². The van der Waals surface area contributed by atoms with Crippen LogP contribution in [0.25, 0.3) is 0 Å². The minimum atomic E-state index is -1.20. The van der Waals surface area contributed by atoms with Gasteiger partial charge in [-0.2, -0.15) is 0 Å². The number of amides is 1. The molecule has 0 bridgehead atoms. The number of rotatable bonds is 6. The van der Waals surface area contributed by atoms with Gasteiger partial charge in [0.2, 0.25) is 5.91 Å². The van der Waals surface area contributed by atoms with E-state index in [4.69, 9.17) is 10.2 Å². The van der Waals surface area contributed by atoms with Crippen LogP contribution >= 0.6 is 0 Å². The van der Waals surface area contributed by atoms with Crippen molar-refractivity contribution in [3.63, 3.8) is 0 Å². The molecule has 1 heterocycles. The summed E-state index contributed by atoms with van der Waals surface area (Å²) in [5.41, 5.74) is 0. The van der Waals surface area contributed by atoms with Gasteiger partial charge in [-0.1, -0.05) is 0 Å². The van der Waals surface area contributed by atoms with Crippen molar-refractivity contribution >= 4 is 17.8 Å². The second-order valence-electron chi connectivity index (χ2n) is 4.43. The number of piperidine rings is 1. The van der Waals surface area contributed by atoms with Crippen LogP contribution in [0, 0.1) is 5.92 Å². The van der Waals surface area contributed by atoms with E-state index in [1.807, 2.05) is 0 Å². The molecule has 0 unspecified atom stereocenters. The van der Waals surface area contributed by atoms with E-state index >= 15 is 0 Å². The fourth-order valence-electron chi connectivity index (χ4n) is 2.02. The largest absolute Gasteiger partial charge is 0.480 e. The third kappa shape index (κ3) is 5.13. The molecule has 0 aromatic carbocycles. The highest BCUT2D eigenvalue weighted by Crippen LogP contribution is 2.17. The molecule has 1 aliphatic heterocycles. The molecule has 1 fully saturated rings. The number of nitrogens with one attached hydrogen (secondary N) is 1. The van der Waals surface area contributed by atoms with Gasteiger partial charge in [-0.05, 0) is 31.8 Å². The van der Waals surface area contributed by atoms with Gasteiger partial charge in [0.15, 0.2) is 0 Å². The zero-order chi connectivity index (χ0) is 13.5. The van der Waals surface area contributed by atoms with Crippen molar-refractivity contribution in [3.05, 3.63) is 0 Å². The molecule has 102 valence electrons. The summed E-state index contributed by atoms with van der Waals surface area (Å²) in [6.45, 7) is 0.567. The molecule has 7 nitrogen and oxygen atoms in total. The summed E-state index contributed by atoms with van der Waals surface area (Å²) in [5, 5.41) is 20.5. The maximum absolute atomic E-state index is 11.9. The number of aliphatic carboxylic acids is 2. The Morgan fingerprint density at radius 2 is 1.56 bits per heavy atom. The van der Waals surface area contributed by atoms with E-state index in [1.165, 1.54) is 0 Å². The number of carboxylic acids is 2. The Bertz CT molecular complexity index is 309. The summed E-state index contributed by atoms with van der Waals surface area (Å²) in [7, 11) is 0. The van der Waals surface area contributed by atoms with Crippen LogP contribution in [0.1, 0.15) is 19.3 Å². The fraction of sp³-hybridized carbons (Fsp3) is 0.727. The van der Waals surface area contributed by atoms with Gasteiger partial charge in [0.05, 0.1) is 0 Å². The predicted octanol–water partition coefficient (Wildman–Crippen LogP) is -0.626. The molecular weight excluding hydrogens is 240 g/mol. The Balaban J connectivity index is 2.51. The second-order valence-corrected chi connectivity index (χ2v) is 4.43. The normalized spacial score (nSPS) is 16.2. The van der Waals surface area contributed by atoms with Crippen LogP contribution in [-0.4, -0.2) is 59.1 Å². The standard InChI is InChI=1S/C11H18N2O5/c14-9(5-8-1-3-12-4-2-8)13(6-10(15)16)7-11(17)18/h8,12H,1-7H2,(H,15,16)(H,17,18).